The fourth-order valence-electron chi connectivity index (χ4n) is 4.78. The molecular formula is C24H25N9O2. The molecule has 6 rings (SSSR count). The molecule has 4 aromatic heterocycles. The zero-order valence-electron chi connectivity index (χ0n) is 19.0. The van der Waals surface area contributed by atoms with Crippen molar-refractivity contribution in [2.75, 3.05) is 25.4 Å². The van der Waals surface area contributed by atoms with Crippen LogP contribution in [0.4, 0.5) is 5.95 Å². The lowest BCUT2D eigenvalue weighted by atomic mass is 9.88. The Hall–Kier alpha value is -4.25. The number of furan rings is 1. The Morgan fingerprint density at radius 3 is 2.63 bits per heavy atom. The fourth-order valence-corrected chi connectivity index (χ4v) is 4.78. The van der Waals surface area contributed by atoms with Crippen molar-refractivity contribution in [3.8, 4) is 11.6 Å². The highest BCUT2D eigenvalue weighted by atomic mass is 16.4. The summed E-state index contributed by atoms with van der Waals surface area (Å²) in [6, 6.07) is 13.5. The first kappa shape index (κ1) is 21.3. The zero-order chi connectivity index (χ0) is 23.8. The van der Waals surface area contributed by atoms with Gasteiger partial charge in [0.2, 0.25) is 11.8 Å². The molecule has 178 valence electrons. The number of oxime groups is 1. The van der Waals surface area contributed by atoms with Gasteiger partial charge < -0.3 is 20.3 Å². The summed E-state index contributed by atoms with van der Waals surface area (Å²) in [4.78, 5) is 11.6. The lowest BCUT2D eigenvalue weighted by Crippen LogP contribution is -2.38. The van der Waals surface area contributed by atoms with E-state index < -0.39 is 0 Å². The van der Waals surface area contributed by atoms with Gasteiger partial charge in [-0.15, -0.1) is 5.10 Å². The summed E-state index contributed by atoms with van der Waals surface area (Å²) < 4.78 is 8.80. The summed E-state index contributed by atoms with van der Waals surface area (Å²) in [6.07, 6.45) is 5.22. The monoisotopic (exact) mass is 471 g/mol. The van der Waals surface area contributed by atoms with Gasteiger partial charge >= 0.3 is 0 Å². The van der Waals surface area contributed by atoms with Crippen molar-refractivity contribution in [3.05, 3.63) is 60.5 Å². The van der Waals surface area contributed by atoms with Crippen molar-refractivity contribution in [3.63, 3.8) is 0 Å². The van der Waals surface area contributed by atoms with Gasteiger partial charge in [-0.1, -0.05) is 35.5 Å². The Labute approximate surface area is 200 Å². The van der Waals surface area contributed by atoms with Gasteiger partial charge in [0.05, 0.1) is 30.1 Å². The molecule has 3 N–H and O–H groups in total. The van der Waals surface area contributed by atoms with E-state index in [1.54, 1.807) is 24.6 Å². The van der Waals surface area contributed by atoms with Crippen molar-refractivity contribution in [2.45, 2.75) is 19.4 Å². The number of hydrogen-bond acceptors (Lipinski definition) is 9. The number of nitrogen functional groups attached to an aromatic ring is 1. The third-order valence-corrected chi connectivity index (χ3v) is 6.62. The Kier molecular flexibility index (Phi) is 5.38. The smallest absolute Gasteiger partial charge is 0.225 e. The first-order valence-corrected chi connectivity index (χ1v) is 11.6. The lowest BCUT2D eigenvalue weighted by Gasteiger charge is -2.32. The minimum Gasteiger partial charge on any atom is -0.461 e. The van der Waals surface area contributed by atoms with Crippen LogP contribution in [0.2, 0.25) is 0 Å². The number of aromatic nitrogens is 6. The van der Waals surface area contributed by atoms with Gasteiger partial charge in [-0.25, -0.2) is 9.67 Å². The van der Waals surface area contributed by atoms with E-state index in [1.165, 1.54) is 4.52 Å². The standard InChI is InChI=1S/C24H25N9O2/c25-24-28-22-18(23-27-21(29-33(23)24)19-7-4-14-35-19)15-26-32(22)13-12-31-10-8-17(9-11-31)20(30-34)16-5-2-1-3-6-16/h1-7,14-15,17,34H,8-13H2,(H2,25,28)/b30-20+. The van der Waals surface area contributed by atoms with E-state index in [-0.39, 0.29) is 11.9 Å². The molecule has 11 heteroatoms. The second kappa shape index (κ2) is 8.84. The van der Waals surface area contributed by atoms with Crippen LogP contribution in [0.1, 0.15) is 18.4 Å². The van der Waals surface area contributed by atoms with Gasteiger partial charge in [0.1, 0.15) is 0 Å². The van der Waals surface area contributed by atoms with E-state index in [4.69, 9.17) is 10.2 Å². The number of fused-ring (bicyclic) bond motifs is 3. The molecule has 1 aliphatic heterocycles. The first-order valence-electron chi connectivity index (χ1n) is 11.6. The molecule has 0 atom stereocenters. The van der Waals surface area contributed by atoms with Gasteiger partial charge in [0.25, 0.3) is 0 Å². The molecule has 35 heavy (non-hydrogen) atoms. The van der Waals surface area contributed by atoms with Crippen LogP contribution in [0.5, 0.6) is 0 Å². The Balaban J connectivity index is 1.15. The Morgan fingerprint density at radius 2 is 1.89 bits per heavy atom. The molecule has 1 saturated heterocycles. The number of likely N-dealkylation sites (tertiary alicyclic amines) is 1. The molecule has 0 saturated carbocycles. The molecule has 11 nitrogen and oxygen atoms in total. The summed E-state index contributed by atoms with van der Waals surface area (Å²) >= 11 is 0. The molecule has 5 aromatic rings. The summed E-state index contributed by atoms with van der Waals surface area (Å²) in [5.41, 5.74) is 9.23. The molecule has 0 amide bonds. The number of piperidine rings is 1. The highest BCUT2D eigenvalue weighted by Gasteiger charge is 2.25. The lowest BCUT2D eigenvalue weighted by molar-refractivity contribution is 0.198. The van der Waals surface area contributed by atoms with Gasteiger partial charge in [0.15, 0.2) is 17.1 Å². The molecule has 0 aliphatic carbocycles. The van der Waals surface area contributed by atoms with Crippen LogP contribution in [0.15, 0.2) is 64.5 Å². The zero-order valence-corrected chi connectivity index (χ0v) is 19.0. The van der Waals surface area contributed by atoms with Crippen LogP contribution in [-0.4, -0.2) is 64.8 Å². The number of nitrogens with two attached hydrogens (primary N) is 1. The van der Waals surface area contributed by atoms with Crippen LogP contribution < -0.4 is 5.73 Å². The predicted octanol–water partition coefficient (Wildman–Crippen LogP) is 2.91. The average molecular weight is 472 g/mol. The Morgan fingerprint density at radius 1 is 1.06 bits per heavy atom. The van der Waals surface area contributed by atoms with Gasteiger partial charge in [-0.05, 0) is 43.6 Å². The maximum atomic E-state index is 9.61. The molecule has 1 aliphatic rings. The van der Waals surface area contributed by atoms with E-state index in [2.05, 4.69) is 30.2 Å². The predicted molar refractivity (Wildman–Crippen MR) is 130 cm³/mol. The number of anilines is 1. The first-order chi connectivity index (χ1) is 17.2. The fraction of sp³-hybridized carbons (Fsp3) is 0.292. The van der Waals surface area contributed by atoms with Crippen LogP contribution in [0.25, 0.3) is 28.3 Å². The molecule has 0 bridgehead atoms. The number of benzene rings is 1. The van der Waals surface area contributed by atoms with Gasteiger partial charge in [0, 0.05) is 12.5 Å². The van der Waals surface area contributed by atoms with E-state index in [9.17, 15) is 5.21 Å². The third-order valence-electron chi connectivity index (χ3n) is 6.62. The van der Waals surface area contributed by atoms with Gasteiger partial charge in [-0.3, -0.25) is 0 Å². The van der Waals surface area contributed by atoms with Crippen LogP contribution in [0, 0.1) is 5.92 Å². The molecule has 0 unspecified atom stereocenters. The average Bonchev–Trinajstić information content (AvgIpc) is 3.64. The summed E-state index contributed by atoms with van der Waals surface area (Å²) in [5, 5.41) is 23.0. The maximum Gasteiger partial charge on any atom is 0.225 e. The minimum absolute atomic E-state index is 0.246. The van der Waals surface area contributed by atoms with Crippen LogP contribution >= 0.6 is 0 Å². The van der Waals surface area contributed by atoms with E-state index in [0.29, 0.717) is 29.4 Å². The minimum atomic E-state index is 0.246. The molecular weight excluding hydrogens is 446 g/mol. The quantitative estimate of drug-likeness (QED) is 0.219. The second-order valence-corrected chi connectivity index (χ2v) is 8.69. The molecule has 0 radical (unpaired) electrons. The van der Waals surface area contributed by atoms with Crippen molar-refractivity contribution < 1.29 is 9.62 Å². The Bertz CT molecular complexity index is 1480. The summed E-state index contributed by atoms with van der Waals surface area (Å²) in [5.74, 6) is 1.51. The maximum absolute atomic E-state index is 9.61. The number of hydrogen-bond donors (Lipinski definition) is 2. The third kappa shape index (κ3) is 3.89. The van der Waals surface area contributed by atoms with Crippen molar-refractivity contribution in [1.82, 2.24) is 34.3 Å². The molecule has 1 aromatic carbocycles. The summed E-state index contributed by atoms with van der Waals surface area (Å²) in [6.45, 7) is 3.35. The molecule has 1 fully saturated rings. The van der Waals surface area contributed by atoms with E-state index in [0.717, 1.165) is 49.1 Å². The normalized spacial score (nSPS) is 15.9. The SMILES string of the molecule is Nc1nc2c(cnn2CCN2CCC(/C(=N/O)c3ccccc3)CC2)c2nc(-c3ccco3)nn12. The summed E-state index contributed by atoms with van der Waals surface area (Å²) in [7, 11) is 0. The largest absolute Gasteiger partial charge is 0.461 e. The highest BCUT2D eigenvalue weighted by molar-refractivity contribution is 6.01. The molecule has 0 spiro atoms. The van der Waals surface area contributed by atoms with Crippen LogP contribution in [0.3, 0.4) is 0 Å². The number of rotatable bonds is 6. The van der Waals surface area contributed by atoms with Gasteiger partial charge in [-0.2, -0.15) is 14.6 Å². The second-order valence-electron chi connectivity index (χ2n) is 8.69. The van der Waals surface area contributed by atoms with Crippen molar-refractivity contribution >= 4 is 28.3 Å². The van der Waals surface area contributed by atoms with Crippen molar-refractivity contribution in [1.29, 1.82) is 0 Å². The number of nitrogens with zero attached hydrogens (tertiary/aromatic N) is 8. The van der Waals surface area contributed by atoms with E-state index >= 15 is 0 Å². The topological polar surface area (TPSA) is 136 Å². The van der Waals surface area contributed by atoms with Crippen molar-refractivity contribution in [2.24, 2.45) is 11.1 Å². The highest BCUT2D eigenvalue weighted by Crippen LogP contribution is 2.25. The molecule has 5 heterocycles. The van der Waals surface area contributed by atoms with Crippen LogP contribution in [-0.2, 0) is 6.54 Å². The van der Waals surface area contributed by atoms with E-state index in [1.807, 2.05) is 35.0 Å².